The third-order valence-corrected chi connectivity index (χ3v) is 5.56. The number of rotatable bonds is 3. The Morgan fingerprint density at radius 1 is 0.964 bits per heavy atom. The molecule has 0 amide bonds. The Labute approximate surface area is 161 Å². The minimum Gasteiger partial charge on any atom is -0.478 e. The zero-order valence-corrected chi connectivity index (χ0v) is 15.4. The molecule has 0 unspecified atom stereocenters. The predicted molar refractivity (Wildman–Crippen MR) is 107 cm³/mol. The Morgan fingerprint density at radius 2 is 1.82 bits per heavy atom. The average Bonchev–Trinajstić information content (AvgIpc) is 3.12. The third-order valence-electron chi connectivity index (χ3n) is 5.56. The Hall–Kier alpha value is -3.28. The van der Waals surface area contributed by atoms with Crippen LogP contribution in [0.25, 0.3) is 33.6 Å². The van der Waals surface area contributed by atoms with E-state index in [1.807, 2.05) is 30.3 Å². The fourth-order valence-electron chi connectivity index (χ4n) is 4.20. The maximum Gasteiger partial charge on any atom is 0.335 e. The molecule has 3 aromatic heterocycles. The second-order valence-electron chi connectivity index (χ2n) is 7.34. The van der Waals surface area contributed by atoms with Gasteiger partial charge in [-0.15, -0.1) is 0 Å². The number of imidazole rings is 1. The van der Waals surface area contributed by atoms with E-state index in [-0.39, 0.29) is 5.56 Å². The average molecular weight is 372 g/mol. The van der Waals surface area contributed by atoms with Crippen molar-refractivity contribution >= 4 is 28.0 Å². The number of carboxylic acid groups (broad SMARTS) is 1. The molecule has 4 aromatic rings. The van der Waals surface area contributed by atoms with Crippen molar-refractivity contribution in [3.8, 4) is 11.5 Å². The van der Waals surface area contributed by atoms with E-state index in [2.05, 4.69) is 9.55 Å². The molecule has 0 radical (unpaired) electrons. The molecular formula is C22H20N4O2. The summed E-state index contributed by atoms with van der Waals surface area (Å²) >= 11 is 0. The van der Waals surface area contributed by atoms with E-state index in [9.17, 15) is 9.90 Å². The number of benzene rings is 1. The molecule has 0 atom stereocenters. The Morgan fingerprint density at radius 3 is 2.64 bits per heavy atom. The number of aromatic nitrogens is 4. The number of aromatic carboxylic acids is 1. The van der Waals surface area contributed by atoms with Crippen molar-refractivity contribution in [2.75, 3.05) is 0 Å². The highest BCUT2D eigenvalue weighted by atomic mass is 16.4. The normalized spacial score (nSPS) is 15.3. The minimum atomic E-state index is -0.939. The van der Waals surface area contributed by atoms with E-state index in [0.717, 1.165) is 40.9 Å². The first kappa shape index (κ1) is 16.9. The lowest BCUT2D eigenvalue weighted by atomic mass is 9.95. The van der Waals surface area contributed by atoms with Crippen LogP contribution in [-0.4, -0.2) is 30.6 Å². The molecule has 1 aliphatic rings. The van der Waals surface area contributed by atoms with Gasteiger partial charge in [0, 0.05) is 12.2 Å². The largest absolute Gasteiger partial charge is 0.478 e. The van der Waals surface area contributed by atoms with Crippen LogP contribution in [0.15, 0.2) is 48.7 Å². The fraction of sp³-hybridized carbons (Fsp3) is 0.273. The van der Waals surface area contributed by atoms with Crippen molar-refractivity contribution in [1.29, 1.82) is 0 Å². The van der Waals surface area contributed by atoms with Gasteiger partial charge in [0.2, 0.25) is 0 Å². The molecule has 140 valence electrons. The predicted octanol–water partition coefficient (Wildman–Crippen LogP) is 4.85. The zero-order chi connectivity index (χ0) is 19.1. The Bertz CT molecular complexity index is 1190. The van der Waals surface area contributed by atoms with Crippen LogP contribution in [0, 0.1) is 0 Å². The monoisotopic (exact) mass is 372 g/mol. The quantitative estimate of drug-likeness (QED) is 0.556. The molecule has 1 aliphatic carbocycles. The van der Waals surface area contributed by atoms with Crippen LogP contribution >= 0.6 is 0 Å². The zero-order valence-electron chi connectivity index (χ0n) is 15.4. The molecule has 6 nitrogen and oxygen atoms in total. The maximum absolute atomic E-state index is 11.4. The van der Waals surface area contributed by atoms with Crippen molar-refractivity contribution in [1.82, 2.24) is 19.5 Å². The van der Waals surface area contributed by atoms with E-state index in [1.165, 1.54) is 19.3 Å². The number of carboxylic acids is 1. The summed E-state index contributed by atoms with van der Waals surface area (Å²) in [7, 11) is 0. The van der Waals surface area contributed by atoms with Gasteiger partial charge in [0.05, 0.1) is 27.6 Å². The smallest absolute Gasteiger partial charge is 0.335 e. The molecule has 1 N–H and O–H groups in total. The van der Waals surface area contributed by atoms with Crippen LogP contribution in [0.4, 0.5) is 0 Å². The first-order valence-electron chi connectivity index (χ1n) is 9.68. The van der Waals surface area contributed by atoms with E-state index in [1.54, 1.807) is 18.3 Å². The first-order valence-corrected chi connectivity index (χ1v) is 9.68. The highest BCUT2D eigenvalue weighted by Crippen LogP contribution is 2.36. The summed E-state index contributed by atoms with van der Waals surface area (Å²) in [6.07, 6.45) is 7.64. The molecule has 0 saturated heterocycles. The SMILES string of the molecule is O=C(O)c1ccc2c(c1)nc(-c1ccc3ncccc3n1)n2C1CCCCC1. The number of pyridine rings is 2. The summed E-state index contributed by atoms with van der Waals surface area (Å²) in [6, 6.07) is 13.3. The van der Waals surface area contributed by atoms with E-state index in [4.69, 9.17) is 9.97 Å². The summed E-state index contributed by atoms with van der Waals surface area (Å²) in [5.74, 6) is -0.138. The van der Waals surface area contributed by atoms with E-state index in [0.29, 0.717) is 11.6 Å². The lowest BCUT2D eigenvalue weighted by molar-refractivity contribution is 0.0697. The van der Waals surface area contributed by atoms with Crippen molar-refractivity contribution in [2.45, 2.75) is 38.1 Å². The van der Waals surface area contributed by atoms with Crippen LogP contribution in [0.3, 0.4) is 0 Å². The second kappa shape index (κ2) is 6.71. The maximum atomic E-state index is 11.4. The summed E-state index contributed by atoms with van der Waals surface area (Å²) in [4.78, 5) is 25.4. The summed E-state index contributed by atoms with van der Waals surface area (Å²) in [6.45, 7) is 0. The third kappa shape index (κ3) is 2.81. The van der Waals surface area contributed by atoms with Crippen molar-refractivity contribution < 1.29 is 9.90 Å². The molecule has 0 spiro atoms. The number of hydrogen-bond donors (Lipinski definition) is 1. The van der Waals surface area contributed by atoms with Crippen LogP contribution in [0.2, 0.25) is 0 Å². The summed E-state index contributed by atoms with van der Waals surface area (Å²) < 4.78 is 2.27. The van der Waals surface area contributed by atoms with E-state index < -0.39 is 5.97 Å². The van der Waals surface area contributed by atoms with Gasteiger partial charge in [-0.2, -0.15) is 0 Å². The first-order chi connectivity index (χ1) is 13.7. The molecule has 28 heavy (non-hydrogen) atoms. The summed E-state index contributed by atoms with van der Waals surface area (Å²) in [5, 5.41) is 9.35. The fourth-order valence-corrected chi connectivity index (χ4v) is 4.20. The highest BCUT2D eigenvalue weighted by Gasteiger charge is 2.23. The number of hydrogen-bond acceptors (Lipinski definition) is 4. The second-order valence-corrected chi connectivity index (χ2v) is 7.34. The van der Waals surface area contributed by atoms with Crippen LogP contribution in [0.5, 0.6) is 0 Å². The lowest BCUT2D eigenvalue weighted by Crippen LogP contribution is -2.14. The minimum absolute atomic E-state index is 0.253. The van der Waals surface area contributed by atoms with Gasteiger partial charge >= 0.3 is 5.97 Å². The molecule has 1 fully saturated rings. The Kier molecular flexibility index (Phi) is 4.04. The Balaban J connectivity index is 1.73. The van der Waals surface area contributed by atoms with Gasteiger partial charge in [-0.3, -0.25) is 4.98 Å². The van der Waals surface area contributed by atoms with Gasteiger partial charge in [0.15, 0.2) is 5.82 Å². The van der Waals surface area contributed by atoms with Gasteiger partial charge in [-0.25, -0.2) is 14.8 Å². The number of nitrogens with zero attached hydrogens (tertiary/aromatic N) is 4. The number of carbonyl (C=O) groups is 1. The van der Waals surface area contributed by atoms with Crippen LogP contribution in [0.1, 0.15) is 48.5 Å². The molecule has 5 rings (SSSR count). The van der Waals surface area contributed by atoms with Crippen molar-refractivity contribution in [2.24, 2.45) is 0 Å². The van der Waals surface area contributed by atoms with Crippen molar-refractivity contribution in [3.63, 3.8) is 0 Å². The lowest BCUT2D eigenvalue weighted by Gasteiger charge is -2.25. The van der Waals surface area contributed by atoms with Gasteiger partial charge in [0.1, 0.15) is 5.69 Å². The van der Waals surface area contributed by atoms with Gasteiger partial charge in [-0.05, 0) is 55.3 Å². The topological polar surface area (TPSA) is 80.9 Å². The van der Waals surface area contributed by atoms with Crippen LogP contribution < -0.4 is 0 Å². The van der Waals surface area contributed by atoms with Crippen molar-refractivity contribution in [3.05, 3.63) is 54.2 Å². The standard InChI is InChI=1S/C22H20N4O2/c27-22(28)14-8-11-20-19(13-14)25-21(26(20)15-5-2-1-3-6-15)18-10-9-16-17(24-18)7-4-12-23-16/h4,7-13,15H,1-3,5-6H2,(H,27,28). The molecular weight excluding hydrogens is 352 g/mol. The molecule has 0 aliphatic heterocycles. The molecule has 1 aromatic carbocycles. The molecule has 0 bridgehead atoms. The summed E-state index contributed by atoms with van der Waals surface area (Å²) in [5.41, 5.74) is 4.39. The van der Waals surface area contributed by atoms with Gasteiger partial charge in [0.25, 0.3) is 0 Å². The van der Waals surface area contributed by atoms with E-state index >= 15 is 0 Å². The highest BCUT2D eigenvalue weighted by molar-refractivity contribution is 5.93. The molecule has 6 heteroatoms. The molecule has 1 saturated carbocycles. The van der Waals surface area contributed by atoms with Gasteiger partial charge in [-0.1, -0.05) is 19.3 Å². The number of fused-ring (bicyclic) bond motifs is 2. The van der Waals surface area contributed by atoms with Gasteiger partial charge < -0.3 is 9.67 Å². The van der Waals surface area contributed by atoms with Crippen LogP contribution in [-0.2, 0) is 0 Å². The molecule has 3 heterocycles.